The molecule has 1 aliphatic rings. The summed E-state index contributed by atoms with van der Waals surface area (Å²) in [5.74, 6) is 0. The summed E-state index contributed by atoms with van der Waals surface area (Å²) in [4.78, 5) is 2.21. The molecule has 0 spiro atoms. The highest BCUT2D eigenvalue weighted by Crippen LogP contribution is 2.15. The van der Waals surface area contributed by atoms with E-state index in [2.05, 4.69) is 4.90 Å². The van der Waals surface area contributed by atoms with Crippen molar-refractivity contribution in [2.75, 3.05) is 13.1 Å². The Bertz CT molecular complexity index is 122. The van der Waals surface area contributed by atoms with E-state index in [-0.39, 0.29) is 0 Å². The molecule has 1 heterocycles. The van der Waals surface area contributed by atoms with Crippen molar-refractivity contribution in [2.24, 2.45) is 11.5 Å². The highest BCUT2D eigenvalue weighted by molar-refractivity contribution is 4.88. The van der Waals surface area contributed by atoms with Gasteiger partial charge in [0.15, 0.2) is 0 Å². The van der Waals surface area contributed by atoms with Crippen LogP contribution in [0, 0.1) is 0 Å². The Balaban J connectivity index is 2.41. The minimum Gasteiger partial charge on any atom is -0.403 e. The molecule has 10 heavy (non-hydrogen) atoms. The van der Waals surface area contributed by atoms with Crippen molar-refractivity contribution in [3.8, 4) is 0 Å². The van der Waals surface area contributed by atoms with Crippen LogP contribution < -0.4 is 11.5 Å². The maximum atomic E-state index is 5.54. The smallest absolute Gasteiger partial charge is 0.0408 e. The van der Waals surface area contributed by atoms with Gasteiger partial charge >= 0.3 is 0 Å². The van der Waals surface area contributed by atoms with Gasteiger partial charge in [-0.25, -0.2) is 0 Å². The fourth-order valence-corrected chi connectivity index (χ4v) is 1.42. The molecule has 0 radical (unpaired) electrons. The van der Waals surface area contributed by atoms with Crippen molar-refractivity contribution >= 4 is 0 Å². The third-order valence-corrected chi connectivity index (χ3v) is 1.97. The van der Waals surface area contributed by atoms with Gasteiger partial charge in [-0.1, -0.05) is 0 Å². The van der Waals surface area contributed by atoms with Gasteiger partial charge in [0.2, 0.25) is 0 Å². The number of likely N-dealkylation sites (tertiary alicyclic amines) is 1. The third-order valence-electron chi connectivity index (χ3n) is 1.97. The van der Waals surface area contributed by atoms with E-state index in [0.717, 1.165) is 13.1 Å². The summed E-state index contributed by atoms with van der Waals surface area (Å²) in [6.45, 7) is 1.85. The molecule has 1 aliphatic heterocycles. The molecule has 0 amide bonds. The van der Waals surface area contributed by atoms with Crippen LogP contribution in [0.3, 0.4) is 0 Å². The number of nitrogens with two attached hydrogens (primary N) is 2. The van der Waals surface area contributed by atoms with Crippen molar-refractivity contribution in [3.63, 3.8) is 0 Å². The van der Waals surface area contributed by atoms with Crippen LogP contribution in [0.1, 0.15) is 12.8 Å². The maximum Gasteiger partial charge on any atom is 0.0408 e. The van der Waals surface area contributed by atoms with Gasteiger partial charge in [0.1, 0.15) is 0 Å². The average molecular weight is 141 g/mol. The fourth-order valence-electron chi connectivity index (χ4n) is 1.42. The minimum atomic E-state index is 0.528. The maximum absolute atomic E-state index is 5.54. The van der Waals surface area contributed by atoms with E-state index in [4.69, 9.17) is 11.5 Å². The molecule has 1 unspecified atom stereocenters. The Labute approximate surface area is 61.7 Å². The molecule has 4 N–H and O–H groups in total. The van der Waals surface area contributed by atoms with E-state index in [9.17, 15) is 0 Å². The van der Waals surface area contributed by atoms with Crippen LogP contribution >= 0.6 is 0 Å². The molecule has 1 fully saturated rings. The van der Waals surface area contributed by atoms with E-state index < -0.39 is 0 Å². The van der Waals surface area contributed by atoms with Gasteiger partial charge in [-0.3, -0.25) is 0 Å². The van der Waals surface area contributed by atoms with Gasteiger partial charge < -0.3 is 16.4 Å². The van der Waals surface area contributed by atoms with Crippen molar-refractivity contribution < 1.29 is 0 Å². The minimum absolute atomic E-state index is 0.528. The van der Waals surface area contributed by atoms with Crippen molar-refractivity contribution in [2.45, 2.75) is 18.9 Å². The van der Waals surface area contributed by atoms with Gasteiger partial charge in [-0.15, -0.1) is 0 Å². The second-order valence-corrected chi connectivity index (χ2v) is 2.61. The Morgan fingerprint density at radius 2 is 2.40 bits per heavy atom. The first kappa shape index (κ1) is 7.41. The Morgan fingerprint density at radius 3 is 3.00 bits per heavy atom. The zero-order valence-electron chi connectivity index (χ0n) is 6.16. The first-order valence-corrected chi connectivity index (χ1v) is 3.72. The number of nitrogens with zero attached hydrogens (tertiary/aromatic N) is 1. The van der Waals surface area contributed by atoms with Crippen molar-refractivity contribution in [1.29, 1.82) is 0 Å². The van der Waals surface area contributed by atoms with E-state index in [1.54, 1.807) is 6.20 Å². The summed E-state index contributed by atoms with van der Waals surface area (Å²) < 4.78 is 0. The Hall–Kier alpha value is -0.700. The molecule has 0 aromatic heterocycles. The SMILES string of the molecule is N/C=C/N1CCCC1CN. The highest BCUT2D eigenvalue weighted by atomic mass is 15.2. The summed E-state index contributed by atoms with van der Waals surface area (Å²) in [6, 6.07) is 0.528. The molecule has 0 aromatic rings. The molecule has 0 bridgehead atoms. The topological polar surface area (TPSA) is 55.3 Å². The lowest BCUT2D eigenvalue weighted by Crippen LogP contribution is -2.31. The highest BCUT2D eigenvalue weighted by Gasteiger charge is 2.19. The predicted octanol–water partition coefficient (Wildman–Crippen LogP) is -0.161. The Morgan fingerprint density at radius 1 is 1.60 bits per heavy atom. The first-order valence-electron chi connectivity index (χ1n) is 3.72. The van der Waals surface area contributed by atoms with Crippen LogP contribution in [-0.4, -0.2) is 24.0 Å². The number of rotatable bonds is 2. The van der Waals surface area contributed by atoms with E-state index >= 15 is 0 Å². The molecule has 1 atom stereocenters. The van der Waals surface area contributed by atoms with E-state index in [0.29, 0.717) is 6.04 Å². The van der Waals surface area contributed by atoms with Crippen LogP contribution in [0.2, 0.25) is 0 Å². The predicted molar refractivity (Wildman–Crippen MR) is 42.1 cm³/mol. The zero-order chi connectivity index (χ0) is 7.40. The summed E-state index contributed by atoms with van der Waals surface area (Å²) >= 11 is 0. The molecule has 1 rings (SSSR count). The van der Waals surface area contributed by atoms with E-state index in [1.165, 1.54) is 12.8 Å². The number of hydrogen-bond donors (Lipinski definition) is 2. The summed E-state index contributed by atoms with van der Waals surface area (Å²) in [5, 5.41) is 0. The summed E-state index contributed by atoms with van der Waals surface area (Å²) in [7, 11) is 0. The molecule has 1 saturated heterocycles. The van der Waals surface area contributed by atoms with E-state index in [1.807, 2.05) is 6.20 Å². The fraction of sp³-hybridized carbons (Fsp3) is 0.714. The van der Waals surface area contributed by atoms with Crippen LogP contribution in [-0.2, 0) is 0 Å². The van der Waals surface area contributed by atoms with Crippen LogP contribution in [0.5, 0.6) is 0 Å². The van der Waals surface area contributed by atoms with Crippen molar-refractivity contribution in [1.82, 2.24) is 4.90 Å². The molecule has 3 heteroatoms. The quantitative estimate of drug-likeness (QED) is 0.562. The molecular weight excluding hydrogens is 126 g/mol. The molecule has 0 aliphatic carbocycles. The van der Waals surface area contributed by atoms with Crippen LogP contribution in [0.25, 0.3) is 0 Å². The van der Waals surface area contributed by atoms with Gasteiger partial charge in [0.05, 0.1) is 0 Å². The summed E-state index contributed by atoms with van der Waals surface area (Å²) in [6.07, 6.45) is 5.95. The second kappa shape index (κ2) is 3.46. The molecular formula is C7H15N3. The lowest BCUT2D eigenvalue weighted by atomic mass is 10.2. The standard InChI is InChI=1S/C7H15N3/c8-3-5-10-4-1-2-7(10)6-9/h3,5,7H,1-2,4,6,8-9H2/b5-3+. The lowest BCUT2D eigenvalue weighted by Gasteiger charge is -2.20. The van der Waals surface area contributed by atoms with Crippen LogP contribution in [0.15, 0.2) is 12.4 Å². The monoisotopic (exact) mass is 141 g/mol. The normalized spacial score (nSPS) is 26.5. The third kappa shape index (κ3) is 1.42. The average Bonchev–Trinajstić information content (AvgIpc) is 2.36. The molecule has 58 valence electrons. The summed E-state index contributed by atoms with van der Waals surface area (Å²) in [5.41, 5.74) is 10.8. The Kier molecular flexibility index (Phi) is 2.57. The second-order valence-electron chi connectivity index (χ2n) is 2.61. The number of hydrogen-bond acceptors (Lipinski definition) is 3. The molecule has 3 nitrogen and oxygen atoms in total. The molecule has 0 saturated carbocycles. The van der Waals surface area contributed by atoms with Gasteiger partial charge in [0.25, 0.3) is 0 Å². The zero-order valence-corrected chi connectivity index (χ0v) is 6.16. The van der Waals surface area contributed by atoms with Crippen molar-refractivity contribution in [3.05, 3.63) is 12.4 Å². The van der Waals surface area contributed by atoms with Gasteiger partial charge in [-0.05, 0) is 12.8 Å². The first-order chi connectivity index (χ1) is 4.88. The lowest BCUT2D eigenvalue weighted by molar-refractivity contribution is 0.355. The van der Waals surface area contributed by atoms with Crippen LogP contribution in [0.4, 0.5) is 0 Å². The van der Waals surface area contributed by atoms with Gasteiger partial charge in [0, 0.05) is 31.5 Å². The van der Waals surface area contributed by atoms with Gasteiger partial charge in [-0.2, -0.15) is 0 Å². The molecule has 0 aromatic carbocycles. The largest absolute Gasteiger partial charge is 0.403 e.